The molecule has 2 aromatic heterocycles. The maximum atomic E-state index is 12.9. The van der Waals surface area contributed by atoms with Crippen molar-refractivity contribution in [1.82, 2.24) is 24.0 Å². The molecule has 0 saturated carbocycles. The highest BCUT2D eigenvalue weighted by molar-refractivity contribution is 8.00. The average molecular weight is 456 g/mol. The molecule has 32 heavy (non-hydrogen) atoms. The van der Waals surface area contributed by atoms with Crippen molar-refractivity contribution in [3.63, 3.8) is 0 Å². The summed E-state index contributed by atoms with van der Waals surface area (Å²) in [4.78, 5) is 49.2. The average Bonchev–Trinajstić information content (AvgIpc) is 2.79. The number of carbonyl (C=O) groups is 1. The molecule has 1 amide bonds. The van der Waals surface area contributed by atoms with Gasteiger partial charge in [0.25, 0.3) is 5.56 Å². The second-order valence-electron chi connectivity index (χ2n) is 7.97. The van der Waals surface area contributed by atoms with Crippen LogP contribution in [0.5, 0.6) is 0 Å². The van der Waals surface area contributed by atoms with E-state index in [-0.39, 0.29) is 34.9 Å². The van der Waals surface area contributed by atoms with Gasteiger partial charge in [0.15, 0.2) is 11.5 Å². The summed E-state index contributed by atoms with van der Waals surface area (Å²) in [7, 11) is 2.99. The summed E-state index contributed by atoms with van der Waals surface area (Å²) in [5.41, 5.74) is 0.0526. The molecule has 3 aromatic rings. The van der Waals surface area contributed by atoms with Crippen LogP contribution < -0.4 is 11.2 Å². The summed E-state index contributed by atoms with van der Waals surface area (Å²) in [6, 6.07) is 9.33. The number of hydrogen-bond donors (Lipinski definition) is 0. The molecule has 168 valence electrons. The van der Waals surface area contributed by atoms with Crippen molar-refractivity contribution >= 4 is 28.7 Å². The van der Waals surface area contributed by atoms with E-state index in [1.807, 2.05) is 44.2 Å². The molecule has 2 atom stereocenters. The molecule has 3 heterocycles. The van der Waals surface area contributed by atoms with Gasteiger partial charge in [-0.15, -0.1) is 0 Å². The number of morpholine rings is 1. The Hall–Kier alpha value is -2.98. The van der Waals surface area contributed by atoms with E-state index in [2.05, 4.69) is 9.97 Å². The second-order valence-corrected chi connectivity index (χ2v) is 8.93. The zero-order valence-electron chi connectivity index (χ0n) is 18.4. The van der Waals surface area contributed by atoms with E-state index < -0.39 is 11.2 Å². The largest absolute Gasteiger partial charge is 0.372 e. The summed E-state index contributed by atoms with van der Waals surface area (Å²) in [6.45, 7) is 4.94. The minimum atomic E-state index is -0.480. The number of fused-ring (bicyclic) bond motifs is 1. The van der Waals surface area contributed by atoms with Gasteiger partial charge >= 0.3 is 5.69 Å². The van der Waals surface area contributed by atoms with Crippen molar-refractivity contribution in [3.8, 4) is 11.4 Å². The minimum absolute atomic E-state index is 0.0286. The maximum Gasteiger partial charge on any atom is 0.332 e. The molecule has 0 spiro atoms. The van der Waals surface area contributed by atoms with Gasteiger partial charge in [-0.2, -0.15) is 0 Å². The Bertz CT molecular complexity index is 1280. The molecule has 1 aliphatic rings. The quantitative estimate of drug-likeness (QED) is 0.433. The molecule has 0 radical (unpaired) electrons. The van der Waals surface area contributed by atoms with Crippen LogP contribution in [0.1, 0.15) is 13.8 Å². The predicted molar refractivity (Wildman–Crippen MR) is 123 cm³/mol. The van der Waals surface area contributed by atoms with Crippen LogP contribution in [-0.4, -0.2) is 61.0 Å². The number of hydrogen-bond acceptors (Lipinski definition) is 7. The normalized spacial score (nSPS) is 18.8. The highest BCUT2D eigenvalue weighted by Crippen LogP contribution is 2.26. The Morgan fingerprint density at radius 1 is 1.06 bits per heavy atom. The Labute approximate surface area is 189 Å². The minimum Gasteiger partial charge on any atom is -0.372 e. The van der Waals surface area contributed by atoms with Crippen LogP contribution in [0, 0.1) is 0 Å². The first kappa shape index (κ1) is 22.2. The molecular formula is C22H25N5O4S. The molecule has 9 nitrogen and oxygen atoms in total. The number of aryl methyl sites for hydroxylation is 1. The van der Waals surface area contributed by atoms with Crippen LogP contribution >= 0.6 is 11.8 Å². The number of nitrogens with zero attached hydrogens (tertiary/aromatic N) is 5. The standard InChI is InChI=1S/C22H25N5O4S/c1-13-10-27(11-14(2)31-13)16(28)12-32-20-17-19(25(3)22(30)26(4)21(17)29)23-18(24-20)15-8-6-5-7-9-15/h5-9,13-14H,10-12H2,1-4H3. The number of benzene rings is 1. The topological polar surface area (TPSA) is 99.3 Å². The van der Waals surface area contributed by atoms with Crippen molar-refractivity contribution in [2.45, 2.75) is 31.1 Å². The molecule has 10 heteroatoms. The van der Waals surface area contributed by atoms with Gasteiger partial charge in [-0.25, -0.2) is 14.8 Å². The Morgan fingerprint density at radius 2 is 1.72 bits per heavy atom. The number of ether oxygens (including phenoxy) is 1. The molecule has 1 aromatic carbocycles. The fourth-order valence-electron chi connectivity index (χ4n) is 3.85. The Morgan fingerprint density at radius 3 is 2.38 bits per heavy atom. The first-order valence-electron chi connectivity index (χ1n) is 10.4. The van der Waals surface area contributed by atoms with Gasteiger partial charge in [0.2, 0.25) is 5.91 Å². The van der Waals surface area contributed by atoms with Crippen LogP contribution in [0.2, 0.25) is 0 Å². The van der Waals surface area contributed by atoms with Crippen molar-refractivity contribution in [3.05, 3.63) is 51.2 Å². The summed E-state index contributed by atoms with van der Waals surface area (Å²) >= 11 is 1.19. The van der Waals surface area contributed by atoms with Crippen LogP contribution in [0.3, 0.4) is 0 Å². The highest BCUT2D eigenvalue weighted by atomic mass is 32.2. The van der Waals surface area contributed by atoms with Gasteiger partial charge in [-0.05, 0) is 13.8 Å². The number of amides is 1. The third-order valence-corrected chi connectivity index (χ3v) is 6.36. The number of thioether (sulfide) groups is 1. The highest BCUT2D eigenvalue weighted by Gasteiger charge is 2.26. The van der Waals surface area contributed by atoms with Gasteiger partial charge < -0.3 is 9.64 Å². The van der Waals surface area contributed by atoms with E-state index in [9.17, 15) is 14.4 Å². The molecule has 1 aliphatic heterocycles. The third kappa shape index (κ3) is 4.20. The second kappa shape index (κ2) is 8.87. The maximum absolute atomic E-state index is 12.9. The van der Waals surface area contributed by atoms with Gasteiger partial charge in [0.1, 0.15) is 10.4 Å². The lowest BCUT2D eigenvalue weighted by molar-refractivity contribution is -0.140. The molecule has 2 unspecified atom stereocenters. The third-order valence-electron chi connectivity index (χ3n) is 5.40. The summed E-state index contributed by atoms with van der Waals surface area (Å²) < 4.78 is 8.08. The summed E-state index contributed by atoms with van der Waals surface area (Å²) in [5, 5.41) is 0.614. The van der Waals surface area contributed by atoms with Crippen molar-refractivity contribution < 1.29 is 9.53 Å². The summed E-state index contributed by atoms with van der Waals surface area (Å²) in [6.07, 6.45) is -0.0573. The van der Waals surface area contributed by atoms with Crippen molar-refractivity contribution in [1.29, 1.82) is 0 Å². The smallest absolute Gasteiger partial charge is 0.332 e. The van der Waals surface area contributed by atoms with Crippen molar-refractivity contribution in [2.24, 2.45) is 14.1 Å². The number of aromatic nitrogens is 4. The van der Waals surface area contributed by atoms with E-state index >= 15 is 0 Å². The molecule has 1 fully saturated rings. The van der Waals surface area contributed by atoms with E-state index in [0.717, 1.165) is 10.1 Å². The van der Waals surface area contributed by atoms with Gasteiger partial charge in [-0.3, -0.25) is 18.7 Å². The fourth-order valence-corrected chi connectivity index (χ4v) is 4.77. The zero-order valence-corrected chi connectivity index (χ0v) is 19.3. The Balaban J connectivity index is 1.76. The fraction of sp³-hybridized carbons (Fsp3) is 0.409. The lowest BCUT2D eigenvalue weighted by Gasteiger charge is -2.35. The number of rotatable bonds is 4. The first-order chi connectivity index (χ1) is 15.3. The lowest BCUT2D eigenvalue weighted by Crippen LogP contribution is -2.48. The van der Waals surface area contributed by atoms with Crippen LogP contribution in [0.25, 0.3) is 22.4 Å². The molecule has 4 rings (SSSR count). The van der Waals surface area contributed by atoms with E-state index in [0.29, 0.717) is 23.9 Å². The predicted octanol–water partition coefficient (Wildman–Crippen LogP) is 1.42. The van der Waals surface area contributed by atoms with Crippen LogP contribution in [0.4, 0.5) is 0 Å². The zero-order chi connectivity index (χ0) is 23.0. The van der Waals surface area contributed by atoms with E-state index in [1.165, 1.54) is 23.4 Å². The lowest BCUT2D eigenvalue weighted by atomic mass is 10.2. The molecule has 0 aliphatic carbocycles. The molecular weight excluding hydrogens is 430 g/mol. The van der Waals surface area contributed by atoms with Crippen LogP contribution in [-0.2, 0) is 23.6 Å². The number of carbonyl (C=O) groups excluding carboxylic acids is 1. The van der Waals surface area contributed by atoms with Gasteiger partial charge in [0.05, 0.1) is 18.0 Å². The van der Waals surface area contributed by atoms with Gasteiger partial charge in [-0.1, -0.05) is 42.1 Å². The molecule has 0 N–H and O–H groups in total. The van der Waals surface area contributed by atoms with Crippen LogP contribution in [0.15, 0.2) is 44.9 Å². The monoisotopic (exact) mass is 455 g/mol. The van der Waals surface area contributed by atoms with Gasteiger partial charge in [0, 0.05) is 32.7 Å². The van der Waals surface area contributed by atoms with E-state index in [4.69, 9.17) is 4.74 Å². The Kier molecular flexibility index (Phi) is 6.16. The SMILES string of the molecule is CC1CN(C(=O)CSc2nc(-c3ccccc3)nc3c2c(=O)n(C)c(=O)n3C)CC(C)O1. The molecule has 0 bridgehead atoms. The van der Waals surface area contributed by atoms with Crippen molar-refractivity contribution in [2.75, 3.05) is 18.8 Å². The summed E-state index contributed by atoms with van der Waals surface area (Å²) in [5.74, 6) is 0.461. The van der Waals surface area contributed by atoms with E-state index in [1.54, 1.807) is 11.9 Å². The molecule has 1 saturated heterocycles. The first-order valence-corrected chi connectivity index (χ1v) is 11.3.